The molecule has 0 unspecified atom stereocenters. The Labute approximate surface area is 142 Å². The number of benzene rings is 3. The van der Waals surface area contributed by atoms with Gasteiger partial charge in [-0.3, -0.25) is 0 Å². The summed E-state index contributed by atoms with van der Waals surface area (Å²) < 4.78 is 17.1. The lowest BCUT2D eigenvalue weighted by atomic mass is 10.2. The maximum absolute atomic E-state index is 5.75. The first-order valence-corrected chi connectivity index (χ1v) is 7.95. The van der Waals surface area contributed by atoms with Crippen molar-refractivity contribution >= 4 is 0 Å². The van der Waals surface area contributed by atoms with E-state index < -0.39 is 0 Å². The van der Waals surface area contributed by atoms with E-state index in [1.165, 1.54) is 5.56 Å². The molecule has 0 saturated carbocycles. The van der Waals surface area contributed by atoms with Crippen molar-refractivity contribution in [1.29, 1.82) is 0 Å². The average molecular weight is 320 g/mol. The maximum atomic E-state index is 5.75. The Morgan fingerprint density at radius 1 is 0.583 bits per heavy atom. The van der Waals surface area contributed by atoms with Crippen molar-refractivity contribution in [3.05, 3.63) is 84.4 Å². The third kappa shape index (κ3) is 4.78. The van der Waals surface area contributed by atoms with Crippen LogP contribution in [0.15, 0.2) is 78.9 Å². The lowest BCUT2D eigenvalue weighted by Crippen LogP contribution is -2.08. The fourth-order valence-electron chi connectivity index (χ4n) is 2.25. The van der Waals surface area contributed by atoms with E-state index in [9.17, 15) is 0 Å². The third-order valence-corrected chi connectivity index (χ3v) is 3.41. The van der Waals surface area contributed by atoms with Gasteiger partial charge in [0.05, 0.1) is 0 Å². The van der Waals surface area contributed by atoms with Gasteiger partial charge in [0.25, 0.3) is 0 Å². The highest BCUT2D eigenvalue weighted by atomic mass is 16.5. The minimum Gasteiger partial charge on any atom is -0.490 e. The fourth-order valence-corrected chi connectivity index (χ4v) is 2.25. The zero-order valence-corrected chi connectivity index (χ0v) is 13.6. The van der Waals surface area contributed by atoms with E-state index in [4.69, 9.17) is 14.2 Å². The van der Waals surface area contributed by atoms with E-state index in [0.717, 1.165) is 23.0 Å². The third-order valence-electron chi connectivity index (χ3n) is 3.41. The van der Waals surface area contributed by atoms with Crippen LogP contribution in [-0.2, 0) is 0 Å². The van der Waals surface area contributed by atoms with Crippen LogP contribution in [0.2, 0.25) is 0 Å². The first kappa shape index (κ1) is 15.9. The Kier molecular flexibility index (Phi) is 5.36. The summed E-state index contributed by atoms with van der Waals surface area (Å²) in [7, 11) is 0. The molecule has 122 valence electrons. The standard InChI is InChI=1S/C21H20O3/c1-17-6-5-9-21(16-17)23-15-14-22-18-10-12-20(13-11-18)24-19-7-3-2-4-8-19/h2-13,16H,14-15H2,1H3. The van der Waals surface area contributed by atoms with Gasteiger partial charge in [0, 0.05) is 0 Å². The zero-order chi connectivity index (χ0) is 16.6. The van der Waals surface area contributed by atoms with Crippen molar-refractivity contribution in [2.24, 2.45) is 0 Å². The van der Waals surface area contributed by atoms with Crippen molar-refractivity contribution in [3.8, 4) is 23.0 Å². The Bertz CT molecular complexity index is 752. The molecule has 0 aromatic heterocycles. The number of ether oxygens (including phenoxy) is 3. The quantitative estimate of drug-likeness (QED) is 0.557. The molecule has 0 spiro atoms. The second-order valence-corrected chi connectivity index (χ2v) is 5.40. The molecular formula is C21H20O3. The van der Waals surface area contributed by atoms with Gasteiger partial charge in [-0.2, -0.15) is 0 Å². The molecular weight excluding hydrogens is 300 g/mol. The molecule has 0 heterocycles. The minimum atomic E-state index is 0.493. The summed E-state index contributed by atoms with van der Waals surface area (Å²) in [6.45, 7) is 3.04. The highest BCUT2D eigenvalue weighted by Crippen LogP contribution is 2.23. The number of hydrogen-bond donors (Lipinski definition) is 0. The fraction of sp³-hybridized carbons (Fsp3) is 0.143. The SMILES string of the molecule is Cc1cccc(OCCOc2ccc(Oc3ccccc3)cc2)c1. The maximum Gasteiger partial charge on any atom is 0.127 e. The summed E-state index contributed by atoms with van der Waals surface area (Å²) in [5.41, 5.74) is 1.18. The topological polar surface area (TPSA) is 27.7 Å². The van der Waals surface area contributed by atoms with E-state index in [2.05, 4.69) is 0 Å². The van der Waals surface area contributed by atoms with Gasteiger partial charge in [-0.25, -0.2) is 0 Å². The molecule has 0 amide bonds. The molecule has 3 rings (SSSR count). The van der Waals surface area contributed by atoms with Crippen LogP contribution < -0.4 is 14.2 Å². The second-order valence-electron chi connectivity index (χ2n) is 5.40. The summed E-state index contributed by atoms with van der Waals surface area (Å²) in [4.78, 5) is 0. The van der Waals surface area contributed by atoms with Gasteiger partial charge in [-0.15, -0.1) is 0 Å². The monoisotopic (exact) mass is 320 g/mol. The van der Waals surface area contributed by atoms with Crippen LogP contribution in [0.25, 0.3) is 0 Å². The number of hydrogen-bond acceptors (Lipinski definition) is 3. The predicted molar refractivity (Wildman–Crippen MR) is 95.1 cm³/mol. The van der Waals surface area contributed by atoms with Crippen molar-refractivity contribution in [1.82, 2.24) is 0 Å². The van der Waals surface area contributed by atoms with Crippen LogP contribution in [0.5, 0.6) is 23.0 Å². The van der Waals surface area contributed by atoms with Gasteiger partial charge in [0.1, 0.15) is 36.2 Å². The van der Waals surface area contributed by atoms with Crippen LogP contribution in [0.1, 0.15) is 5.56 Å². The van der Waals surface area contributed by atoms with E-state index in [0.29, 0.717) is 13.2 Å². The minimum absolute atomic E-state index is 0.493. The van der Waals surface area contributed by atoms with Gasteiger partial charge >= 0.3 is 0 Å². The van der Waals surface area contributed by atoms with Crippen molar-refractivity contribution < 1.29 is 14.2 Å². The van der Waals surface area contributed by atoms with Crippen molar-refractivity contribution in [2.45, 2.75) is 6.92 Å². The summed E-state index contributed by atoms with van der Waals surface area (Å²) in [5, 5.41) is 0. The van der Waals surface area contributed by atoms with Gasteiger partial charge in [-0.05, 0) is 61.0 Å². The Morgan fingerprint density at radius 3 is 1.88 bits per heavy atom. The molecule has 0 bridgehead atoms. The van der Waals surface area contributed by atoms with E-state index >= 15 is 0 Å². The second kappa shape index (κ2) is 8.06. The van der Waals surface area contributed by atoms with Gasteiger partial charge < -0.3 is 14.2 Å². The molecule has 0 radical (unpaired) electrons. The van der Waals surface area contributed by atoms with Crippen LogP contribution >= 0.6 is 0 Å². The highest BCUT2D eigenvalue weighted by molar-refractivity contribution is 5.35. The number of aryl methyl sites for hydroxylation is 1. The van der Waals surface area contributed by atoms with Crippen LogP contribution in [0, 0.1) is 6.92 Å². The molecule has 0 atom stereocenters. The van der Waals surface area contributed by atoms with Crippen LogP contribution in [0.4, 0.5) is 0 Å². The molecule has 24 heavy (non-hydrogen) atoms. The Hall–Kier alpha value is -2.94. The highest BCUT2D eigenvalue weighted by Gasteiger charge is 1.99. The normalized spacial score (nSPS) is 10.2. The molecule has 0 aliphatic rings. The predicted octanol–water partition coefficient (Wildman–Crippen LogP) is 5.25. The van der Waals surface area contributed by atoms with Gasteiger partial charge in [0.2, 0.25) is 0 Å². The van der Waals surface area contributed by atoms with E-state index in [1.54, 1.807) is 0 Å². The van der Waals surface area contributed by atoms with Crippen LogP contribution in [-0.4, -0.2) is 13.2 Å². The summed E-state index contributed by atoms with van der Waals surface area (Å²) >= 11 is 0. The summed E-state index contributed by atoms with van der Waals surface area (Å²) in [5.74, 6) is 3.26. The average Bonchev–Trinajstić information content (AvgIpc) is 2.61. The molecule has 3 aromatic rings. The van der Waals surface area contributed by atoms with Gasteiger partial charge in [0.15, 0.2) is 0 Å². The van der Waals surface area contributed by atoms with Crippen molar-refractivity contribution in [2.75, 3.05) is 13.2 Å². The van der Waals surface area contributed by atoms with Crippen molar-refractivity contribution in [3.63, 3.8) is 0 Å². The zero-order valence-electron chi connectivity index (χ0n) is 13.6. The number of rotatable bonds is 7. The lowest BCUT2D eigenvalue weighted by molar-refractivity contribution is 0.217. The summed E-state index contributed by atoms with van der Waals surface area (Å²) in [6, 6.07) is 25.3. The molecule has 0 saturated heterocycles. The van der Waals surface area contributed by atoms with E-state index in [1.807, 2.05) is 85.8 Å². The molecule has 0 aliphatic carbocycles. The largest absolute Gasteiger partial charge is 0.490 e. The Morgan fingerprint density at radius 2 is 1.17 bits per heavy atom. The smallest absolute Gasteiger partial charge is 0.127 e. The molecule has 0 N–H and O–H groups in total. The molecule has 3 nitrogen and oxygen atoms in total. The van der Waals surface area contributed by atoms with E-state index in [-0.39, 0.29) is 0 Å². The summed E-state index contributed by atoms with van der Waals surface area (Å²) in [6.07, 6.45) is 0. The Balaban J connectivity index is 1.44. The molecule has 0 fully saturated rings. The van der Waals surface area contributed by atoms with Crippen LogP contribution in [0.3, 0.4) is 0 Å². The first-order valence-electron chi connectivity index (χ1n) is 7.95. The first-order chi connectivity index (χ1) is 11.8. The number of para-hydroxylation sites is 1. The lowest BCUT2D eigenvalue weighted by Gasteiger charge is -2.10. The molecule has 3 aromatic carbocycles. The molecule has 0 aliphatic heterocycles. The van der Waals surface area contributed by atoms with Gasteiger partial charge in [-0.1, -0.05) is 30.3 Å². The molecule has 3 heteroatoms.